The Hall–Kier alpha value is -2.93. The van der Waals surface area contributed by atoms with E-state index in [1.807, 2.05) is 0 Å². The second-order valence-corrected chi connectivity index (χ2v) is 12.1. The molecule has 3 aromatic rings. The highest BCUT2D eigenvalue weighted by Crippen LogP contribution is 2.37. The Morgan fingerprint density at radius 2 is 1.97 bits per heavy atom. The Bertz CT molecular complexity index is 1280. The van der Waals surface area contributed by atoms with E-state index in [4.69, 9.17) is 10.1 Å². The maximum absolute atomic E-state index is 13.1. The summed E-state index contributed by atoms with van der Waals surface area (Å²) >= 11 is 3.23. The van der Waals surface area contributed by atoms with Crippen LogP contribution in [0.1, 0.15) is 53.5 Å². The average molecular weight is 570 g/mol. The van der Waals surface area contributed by atoms with Crippen LogP contribution < -0.4 is 10.2 Å². The van der Waals surface area contributed by atoms with E-state index < -0.39 is 5.97 Å². The van der Waals surface area contributed by atoms with Crippen LogP contribution in [0.15, 0.2) is 23.8 Å². The summed E-state index contributed by atoms with van der Waals surface area (Å²) in [5.74, 6) is -0.387. The number of carboxylic acid groups (broad SMARTS) is 1. The molecule has 2 N–H and O–H groups in total. The van der Waals surface area contributed by atoms with Crippen LogP contribution in [0.2, 0.25) is 0 Å². The van der Waals surface area contributed by atoms with Gasteiger partial charge in [0.15, 0.2) is 5.13 Å². The van der Waals surface area contributed by atoms with Crippen LogP contribution in [-0.4, -0.2) is 87.0 Å². The first-order valence-electron chi connectivity index (χ1n) is 13.5. The number of nitrogens with zero attached hydrogens (tertiary/aromatic N) is 6. The van der Waals surface area contributed by atoms with Crippen molar-refractivity contribution in [3.63, 3.8) is 0 Å². The minimum Gasteiger partial charge on any atom is -0.481 e. The van der Waals surface area contributed by atoms with Crippen LogP contribution in [0.4, 0.5) is 10.9 Å². The number of thiophene rings is 1. The van der Waals surface area contributed by atoms with E-state index in [0.717, 1.165) is 56.3 Å². The molecule has 5 rings (SSSR count). The van der Waals surface area contributed by atoms with E-state index in [1.54, 1.807) is 28.9 Å². The molecule has 3 aromatic heterocycles. The molecule has 0 radical (unpaired) electrons. The summed E-state index contributed by atoms with van der Waals surface area (Å²) < 4.78 is 0. The van der Waals surface area contributed by atoms with Crippen LogP contribution in [0, 0.1) is 6.92 Å². The van der Waals surface area contributed by atoms with E-state index in [2.05, 4.69) is 55.3 Å². The Kier molecular flexibility index (Phi) is 8.85. The number of amides is 1. The van der Waals surface area contributed by atoms with Gasteiger partial charge in [0.25, 0.3) is 5.91 Å². The number of nitrogens with one attached hydrogen (secondary N) is 1. The monoisotopic (exact) mass is 569 g/mol. The largest absolute Gasteiger partial charge is 0.481 e. The predicted molar refractivity (Wildman–Crippen MR) is 155 cm³/mol. The number of thiazole rings is 1. The van der Waals surface area contributed by atoms with Crippen molar-refractivity contribution in [1.82, 2.24) is 24.8 Å². The molecule has 0 unspecified atom stereocenters. The summed E-state index contributed by atoms with van der Waals surface area (Å²) in [6, 6.07) is 2.76. The molecule has 12 heteroatoms. The number of piperazine rings is 1. The molecule has 39 heavy (non-hydrogen) atoms. The van der Waals surface area contributed by atoms with Gasteiger partial charge in [0.05, 0.1) is 29.4 Å². The second kappa shape index (κ2) is 12.5. The first-order chi connectivity index (χ1) is 18.9. The third-order valence-corrected chi connectivity index (χ3v) is 9.42. The van der Waals surface area contributed by atoms with Crippen molar-refractivity contribution < 1.29 is 14.7 Å². The fraction of sp³-hybridized carbons (Fsp3) is 0.519. The molecule has 208 valence electrons. The van der Waals surface area contributed by atoms with Gasteiger partial charge in [-0.05, 0) is 49.7 Å². The molecule has 2 aliphatic rings. The van der Waals surface area contributed by atoms with Gasteiger partial charge in [-0.1, -0.05) is 18.3 Å². The van der Waals surface area contributed by atoms with Crippen LogP contribution in [0.3, 0.4) is 0 Å². The quantitative estimate of drug-likeness (QED) is 0.371. The molecule has 2 saturated heterocycles. The van der Waals surface area contributed by atoms with Gasteiger partial charge >= 0.3 is 5.97 Å². The van der Waals surface area contributed by atoms with Crippen molar-refractivity contribution >= 4 is 45.5 Å². The molecule has 0 bridgehead atoms. The summed E-state index contributed by atoms with van der Waals surface area (Å²) in [5, 5.41) is 14.6. The number of hydrogen-bond acceptors (Lipinski definition) is 10. The predicted octanol–water partition coefficient (Wildman–Crippen LogP) is 4.19. The van der Waals surface area contributed by atoms with Gasteiger partial charge in [0.1, 0.15) is 11.5 Å². The second-order valence-electron chi connectivity index (χ2n) is 10.1. The average Bonchev–Trinajstić information content (AvgIpc) is 3.68. The SMILES string of the molecule is CC[C@@H]1CCCN1Cc1sc(NC(=O)c2cnc(N3CCN(CCC(=O)O)CC3)cn2)nc1-c1cc(C)cs1. The van der Waals surface area contributed by atoms with Gasteiger partial charge in [-0.15, -0.1) is 11.3 Å². The Morgan fingerprint density at radius 3 is 2.64 bits per heavy atom. The fourth-order valence-corrected chi connectivity index (χ4v) is 7.20. The lowest BCUT2D eigenvalue weighted by Crippen LogP contribution is -2.47. The third kappa shape index (κ3) is 6.81. The number of anilines is 2. The molecular weight excluding hydrogens is 534 g/mol. The first kappa shape index (κ1) is 27.6. The van der Waals surface area contributed by atoms with E-state index in [9.17, 15) is 9.59 Å². The van der Waals surface area contributed by atoms with Gasteiger partial charge in [0, 0.05) is 50.2 Å². The first-order valence-corrected chi connectivity index (χ1v) is 15.2. The van der Waals surface area contributed by atoms with Crippen molar-refractivity contribution in [2.75, 3.05) is 49.5 Å². The zero-order valence-corrected chi connectivity index (χ0v) is 24.1. The molecule has 10 nitrogen and oxygen atoms in total. The lowest BCUT2D eigenvalue weighted by Gasteiger charge is -2.34. The number of likely N-dealkylation sites (tertiary alicyclic amines) is 1. The van der Waals surface area contributed by atoms with Crippen LogP contribution in [-0.2, 0) is 11.3 Å². The van der Waals surface area contributed by atoms with E-state index >= 15 is 0 Å². The summed E-state index contributed by atoms with van der Waals surface area (Å²) in [7, 11) is 0. The number of carboxylic acids is 1. The topological polar surface area (TPSA) is 115 Å². The van der Waals surface area contributed by atoms with Crippen LogP contribution in [0.5, 0.6) is 0 Å². The van der Waals surface area contributed by atoms with Gasteiger partial charge in [0.2, 0.25) is 0 Å². The molecule has 5 heterocycles. The van der Waals surface area contributed by atoms with Crippen molar-refractivity contribution in [1.29, 1.82) is 0 Å². The van der Waals surface area contributed by atoms with E-state index in [1.165, 1.54) is 29.5 Å². The van der Waals surface area contributed by atoms with E-state index in [0.29, 0.717) is 23.5 Å². The van der Waals surface area contributed by atoms with Crippen molar-refractivity contribution in [3.05, 3.63) is 40.0 Å². The molecule has 0 aliphatic carbocycles. The van der Waals surface area contributed by atoms with Crippen LogP contribution in [0.25, 0.3) is 10.6 Å². The van der Waals surface area contributed by atoms with Crippen molar-refractivity contribution in [3.8, 4) is 10.6 Å². The lowest BCUT2D eigenvalue weighted by atomic mass is 10.1. The molecular formula is C27H35N7O3S2. The summed E-state index contributed by atoms with van der Waals surface area (Å²) in [6.45, 7) is 9.85. The maximum atomic E-state index is 13.1. The number of aryl methyl sites for hydroxylation is 1. The Balaban J connectivity index is 1.24. The molecule has 1 atom stereocenters. The zero-order valence-electron chi connectivity index (χ0n) is 22.4. The summed E-state index contributed by atoms with van der Waals surface area (Å²) in [6.07, 6.45) is 6.90. The number of carbonyl (C=O) groups excluding carboxylic acids is 1. The molecule has 2 fully saturated rings. The minimum absolute atomic E-state index is 0.149. The summed E-state index contributed by atoms with van der Waals surface area (Å²) in [5.41, 5.74) is 2.41. The number of hydrogen-bond donors (Lipinski definition) is 2. The Morgan fingerprint density at radius 1 is 1.15 bits per heavy atom. The third-order valence-electron chi connectivity index (χ3n) is 7.41. The smallest absolute Gasteiger partial charge is 0.304 e. The molecule has 0 spiro atoms. The zero-order chi connectivity index (χ0) is 27.4. The fourth-order valence-electron chi connectivity index (χ4n) is 5.23. The molecule has 1 amide bonds. The minimum atomic E-state index is -0.777. The maximum Gasteiger partial charge on any atom is 0.304 e. The Labute approximate surface area is 236 Å². The molecule has 0 saturated carbocycles. The highest BCUT2D eigenvalue weighted by Gasteiger charge is 2.26. The molecule has 0 aromatic carbocycles. The number of aliphatic carboxylic acids is 1. The lowest BCUT2D eigenvalue weighted by molar-refractivity contribution is -0.137. The van der Waals surface area contributed by atoms with Crippen LogP contribution >= 0.6 is 22.7 Å². The number of rotatable bonds is 10. The standard InChI is InChI=1S/C27H35N7O3S2/c1-3-19-5-4-7-34(19)16-22-25(21-13-18(2)17-38-21)30-27(39-22)31-26(37)20-14-29-23(15-28-20)33-11-9-32(10-12-33)8-6-24(35)36/h13-15,17,19H,3-12,16H2,1-2H3,(H,35,36)(H,30,31,37)/t19-/m1/s1. The van der Waals surface area contributed by atoms with Gasteiger partial charge in [-0.25, -0.2) is 15.0 Å². The number of carbonyl (C=O) groups is 2. The number of aromatic nitrogens is 3. The highest BCUT2D eigenvalue weighted by molar-refractivity contribution is 7.17. The highest BCUT2D eigenvalue weighted by atomic mass is 32.1. The van der Waals surface area contributed by atoms with Gasteiger partial charge < -0.3 is 10.0 Å². The van der Waals surface area contributed by atoms with Crippen molar-refractivity contribution in [2.45, 2.75) is 52.1 Å². The van der Waals surface area contributed by atoms with Gasteiger partial charge in [-0.2, -0.15) is 0 Å². The normalized spacial score (nSPS) is 18.5. The van der Waals surface area contributed by atoms with Crippen molar-refractivity contribution in [2.24, 2.45) is 0 Å². The van der Waals surface area contributed by atoms with E-state index in [-0.39, 0.29) is 18.0 Å². The van der Waals surface area contributed by atoms with Gasteiger partial charge in [-0.3, -0.25) is 24.7 Å². The summed E-state index contributed by atoms with van der Waals surface area (Å²) in [4.78, 5) is 46.7. The molecule has 2 aliphatic heterocycles.